The molecule has 0 aliphatic carbocycles. The maximum absolute atomic E-state index is 13.6. The first-order chi connectivity index (χ1) is 14.1. The van der Waals surface area contributed by atoms with Crippen molar-refractivity contribution in [2.75, 3.05) is 11.5 Å². The summed E-state index contributed by atoms with van der Waals surface area (Å²) >= 11 is 3.47. The minimum atomic E-state index is -3.14. The van der Waals surface area contributed by atoms with Crippen LogP contribution in [-0.4, -0.2) is 36.8 Å². The minimum absolute atomic E-state index is 0.00969. The van der Waals surface area contributed by atoms with Crippen LogP contribution in [0.15, 0.2) is 45.3 Å². The molecule has 1 aliphatic heterocycles. The van der Waals surface area contributed by atoms with Gasteiger partial charge in [0.05, 0.1) is 11.5 Å². The van der Waals surface area contributed by atoms with E-state index in [0.29, 0.717) is 18.5 Å². The molecule has 0 spiro atoms. The highest BCUT2D eigenvalue weighted by atomic mass is 79.9. The van der Waals surface area contributed by atoms with Crippen molar-refractivity contribution in [1.82, 2.24) is 4.90 Å². The molecular formula is C23H24BrNO4S. The van der Waals surface area contributed by atoms with Gasteiger partial charge in [0.2, 0.25) is 0 Å². The molecule has 1 aromatic heterocycles. The number of nitrogens with zero attached hydrogens (tertiary/aromatic N) is 1. The van der Waals surface area contributed by atoms with Crippen LogP contribution in [0.1, 0.15) is 39.2 Å². The van der Waals surface area contributed by atoms with Gasteiger partial charge in [-0.2, -0.15) is 0 Å². The average molecular weight is 490 g/mol. The van der Waals surface area contributed by atoms with Gasteiger partial charge in [0.15, 0.2) is 15.6 Å². The molecule has 5 nitrogen and oxygen atoms in total. The number of aryl methyl sites for hydroxylation is 3. The summed E-state index contributed by atoms with van der Waals surface area (Å²) < 4.78 is 31.2. The van der Waals surface area contributed by atoms with Crippen molar-refractivity contribution in [1.29, 1.82) is 0 Å². The highest BCUT2D eigenvalue weighted by Gasteiger charge is 2.36. The van der Waals surface area contributed by atoms with E-state index >= 15 is 0 Å². The third kappa shape index (κ3) is 4.05. The van der Waals surface area contributed by atoms with Gasteiger partial charge in [0.1, 0.15) is 5.58 Å². The monoisotopic (exact) mass is 489 g/mol. The summed E-state index contributed by atoms with van der Waals surface area (Å²) in [5, 5.41) is 0.919. The maximum atomic E-state index is 13.6. The quantitative estimate of drug-likeness (QED) is 0.519. The largest absolute Gasteiger partial charge is 0.451 e. The van der Waals surface area contributed by atoms with Gasteiger partial charge in [-0.15, -0.1) is 0 Å². The molecule has 30 heavy (non-hydrogen) atoms. The highest BCUT2D eigenvalue weighted by molar-refractivity contribution is 9.10. The average Bonchev–Trinajstić information content (AvgIpc) is 3.19. The molecule has 0 bridgehead atoms. The molecule has 1 amide bonds. The van der Waals surface area contributed by atoms with Gasteiger partial charge in [0.25, 0.3) is 5.91 Å². The maximum Gasteiger partial charge on any atom is 0.290 e. The molecule has 1 fully saturated rings. The summed E-state index contributed by atoms with van der Waals surface area (Å²) in [6.45, 7) is 6.26. The molecule has 4 rings (SSSR count). The highest BCUT2D eigenvalue weighted by Crippen LogP contribution is 2.31. The first kappa shape index (κ1) is 21.1. The molecule has 1 saturated heterocycles. The SMILES string of the molecule is Cc1cc2oc(C(=O)N(Cc3cccc(Br)c3)C3CCS(=O)(=O)C3)c(C)c2cc1C. The summed E-state index contributed by atoms with van der Waals surface area (Å²) in [5.41, 5.74) is 4.64. The molecule has 2 aromatic carbocycles. The van der Waals surface area contributed by atoms with Crippen molar-refractivity contribution in [2.24, 2.45) is 0 Å². The Kier molecular flexibility index (Phi) is 5.53. The van der Waals surface area contributed by atoms with Gasteiger partial charge >= 0.3 is 0 Å². The molecule has 1 atom stereocenters. The Hall–Kier alpha value is -2.12. The molecule has 158 valence electrons. The van der Waals surface area contributed by atoms with Crippen LogP contribution in [0.5, 0.6) is 0 Å². The lowest BCUT2D eigenvalue weighted by molar-refractivity contribution is 0.0649. The molecule has 0 radical (unpaired) electrons. The van der Waals surface area contributed by atoms with Gasteiger partial charge in [-0.05, 0) is 68.1 Å². The fraction of sp³-hybridized carbons (Fsp3) is 0.348. The fourth-order valence-electron chi connectivity index (χ4n) is 4.03. The van der Waals surface area contributed by atoms with Crippen LogP contribution in [0, 0.1) is 20.8 Å². The predicted molar refractivity (Wildman–Crippen MR) is 121 cm³/mol. The smallest absolute Gasteiger partial charge is 0.290 e. The Morgan fingerprint density at radius 2 is 1.90 bits per heavy atom. The number of halogens is 1. The number of amides is 1. The Labute approximate surface area is 185 Å². The normalized spacial score (nSPS) is 18.1. The third-order valence-electron chi connectivity index (χ3n) is 5.90. The van der Waals surface area contributed by atoms with Crippen LogP contribution < -0.4 is 0 Å². The molecule has 0 N–H and O–H groups in total. The van der Waals surface area contributed by atoms with Crippen molar-refractivity contribution in [3.63, 3.8) is 0 Å². The second kappa shape index (κ2) is 7.85. The van der Waals surface area contributed by atoms with E-state index in [2.05, 4.69) is 15.9 Å². The van der Waals surface area contributed by atoms with Gasteiger partial charge in [-0.3, -0.25) is 4.79 Å². The molecule has 2 heterocycles. The lowest BCUT2D eigenvalue weighted by atomic mass is 10.0. The van der Waals surface area contributed by atoms with Crippen molar-refractivity contribution >= 4 is 42.6 Å². The number of carbonyl (C=O) groups excluding carboxylic acids is 1. The van der Waals surface area contributed by atoms with Crippen LogP contribution >= 0.6 is 15.9 Å². The summed E-state index contributed by atoms with van der Waals surface area (Å²) in [5.74, 6) is 0.122. The van der Waals surface area contributed by atoms with Crippen molar-refractivity contribution in [2.45, 2.75) is 39.8 Å². The topological polar surface area (TPSA) is 67.6 Å². The van der Waals surface area contributed by atoms with Crippen molar-refractivity contribution in [3.8, 4) is 0 Å². The Morgan fingerprint density at radius 3 is 2.57 bits per heavy atom. The van der Waals surface area contributed by atoms with E-state index in [-0.39, 0.29) is 29.2 Å². The zero-order valence-electron chi connectivity index (χ0n) is 17.2. The standard InChI is InChI=1S/C23H24BrNO4S/c1-14-9-20-16(3)22(29-21(20)10-15(14)2)23(26)25(19-7-8-30(27,28)13-19)12-17-5-4-6-18(24)11-17/h4-6,9-11,19H,7-8,12-13H2,1-3H3. The molecular weight excluding hydrogens is 466 g/mol. The van der Waals surface area contributed by atoms with E-state index in [1.807, 2.05) is 57.2 Å². The second-order valence-electron chi connectivity index (χ2n) is 8.11. The van der Waals surface area contributed by atoms with Gasteiger partial charge in [0, 0.05) is 28.0 Å². The number of carbonyl (C=O) groups is 1. The number of benzene rings is 2. The number of hydrogen-bond acceptors (Lipinski definition) is 4. The zero-order chi connectivity index (χ0) is 21.6. The number of sulfone groups is 1. The van der Waals surface area contributed by atoms with E-state index in [9.17, 15) is 13.2 Å². The summed E-state index contributed by atoms with van der Waals surface area (Å²) in [6, 6.07) is 11.3. The Bertz CT molecular complexity index is 1250. The molecule has 0 saturated carbocycles. The lowest BCUT2D eigenvalue weighted by Gasteiger charge is -2.28. The minimum Gasteiger partial charge on any atom is -0.451 e. The Morgan fingerprint density at radius 1 is 1.17 bits per heavy atom. The number of hydrogen-bond donors (Lipinski definition) is 0. The summed E-state index contributed by atoms with van der Waals surface area (Å²) in [6.07, 6.45) is 0.444. The van der Waals surface area contributed by atoms with E-state index in [0.717, 1.165) is 32.1 Å². The Balaban J connectivity index is 1.75. The van der Waals surface area contributed by atoms with Crippen LogP contribution in [-0.2, 0) is 16.4 Å². The first-order valence-electron chi connectivity index (χ1n) is 9.91. The summed E-state index contributed by atoms with van der Waals surface area (Å²) in [4.78, 5) is 15.3. The number of fused-ring (bicyclic) bond motifs is 1. The summed E-state index contributed by atoms with van der Waals surface area (Å²) in [7, 11) is -3.14. The molecule has 7 heteroatoms. The molecule has 1 unspecified atom stereocenters. The third-order valence-corrected chi connectivity index (χ3v) is 8.14. The predicted octanol–water partition coefficient (Wildman–Crippen LogP) is 4.95. The van der Waals surface area contributed by atoms with E-state index in [1.165, 1.54) is 0 Å². The van der Waals surface area contributed by atoms with Crippen LogP contribution in [0.25, 0.3) is 11.0 Å². The van der Waals surface area contributed by atoms with Crippen molar-refractivity contribution in [3.05, 3.63) is 68.9 Å². The van der Waals surface area contributed by atoms with Crippen molar-refractivity contribution < 1.29 is 17.6 Å². The molecule has 3 aromatic rings. The van der Waals surface area contributed by atoms with E-state index < -0.39 is 9.84 Å². The number of furan rings is 1. The fourth-order valence-corrected chi connectivity index (χ4v) is 6.21. The van der Waals surface area contributed by atoms with E-state index in [1.54, 1.807) is 4.90 Å². The second-order valence-corrected chi connectivity index (χ2v) is 11.3. The number of rotatable bonds is 4. The van der Waals surface area contributed by atoms with E-state index in [4.69, 9.17) is 4.42 Å². The van der Waals surface area contributed by atoms with Crippen LogP contribution in [0.2, 0.25) is 0 Å². The zero-order valence-corrected chi connectivity index (χ0v) is 19.6. The van der Waals surface area contributed by atoms with Gasteiger partial charge in [-0.1, -0.05) is 28.1 Å². The van der Waals surface area contributed by atoms with Crippen LogP contribution in [0.4, 0.5) is 0 Å². The lowest BCUT2D eigenvalue weighted by Crippen LogP contribution is -2.40. The van der Waals surface area contributed by atoms with Gasteiger partial charge < -0.3 is 9.32 Å². The van der Waals surface area contributed by atoms with Gasteiger partial charge in [-0.25, -0.2) is 8.42 Å². The molecule has 1 aliphatic rings. The van der Waals surface area contributed by atoms with Crippen LogP contribution in [0.3, 0.4) is 0 Å². The first-order valence-corrected chi connectivity index (χ1v) is 12.5.